The molecule has 7 heteroatoms. The van der Waals surface area contributed by atoms with Gasteiger partial charge in [-0.1, -0.05) is 23.7 Å². The van der Waals surface area contributed by atoms with E-state index in [0.717, 1.165) is 37.7 Å². The molecule has 0 N–H and O–H groups in total. The number of hydrogen-bond acceptors (Lipinski definition) is 7. The zero-order valence-corrected chi connectivity index (χ0v) is 16.6. The fourth-order valence-corrected chi connectivity index (χ4v) is 4.92. The van der Waals surface area contributed by atoms with E-state index in [-0.39, 0.29) is 5.41 Å². The minimum atomic E-state index is -0.0429. The van der Waals surface area contributed by atoms with Gasteiger partial charge < -0.3 is 9.26 Å². The van der Waals surface area contributed by atoms with Crippen LogP contribution in [0, 0.1) is 5.92 Å². The Kier molecular flexibility index (Phi) is 4.75. The number of benzene rings is 1. The Balaban J connectivity index is 1.34. The van der Waals surface area contributed by atoms with Crippen LogP contribution < -0.4 is 4.74 Å². The topological polar surface area (TPSA) is 77.2 Å². The van der Waals surface area contributed by atoms with Crippen LogP contribution in [0.4, 0.5) is 0 Å². The summed E-state index contributed by atoms with van der Waals surface area (Å²) in [7, 11) is 0. The van der Waals surface area contributed by atoms with Crippen LogP contribution in [0.5, 0.6) is 5.75 Å². The van der Waals surface area contributed by atoms with Crippen LogP contribution >= 0.6 is 0 Å². The molecule has 2 atom stereocenters. The first kappa shape index (κ1) is 18.2. The molecule has 1 aliphatic heterocycles. The highest BCUT2D eigenvalue weighted by Crippen LogP contribution is 2.50. The van der Waals surface area contributed by atoms with Gasteiger partial charge in [-0.05, 0) is 43.4 Å². The summed E-state index contributed by atoms with van der Waals surface area (Å²) >= 11 is 0. The monoisotopic (exact) mass is 391 g/mol. The zero-order valence-electron chi connectivity index (χ0n) is 16.6. The number of rotatable bonds is 6. The summed E-state index contributed by atoms with van der Waals surface area (Å²) < 4.78 is 11.3. The number of aromatic nitrogens is 4. The molecule has 1 aliphatic carbocycles. The summed E-state index contributed by atoms with van der Waals surface area (Å²) in [5.74, 6) is 2.77. The second-order valence-electron chi connectivity index (χ2n) is 8.01. The molecule has 0 amide bonds. The lowest BCUT2D eigenvalue weighted by Gasteiger charge is -2.24. The Bertz CT molecular complexity index is 959. The number of hydrogen-bond donors (Lipinski definition) is 0. The van der Waals surface area contributed by atoms with Gasteiger partial charge in [-0.25, -0.2) is 4.98 Å². The Morgan fingerprint density at radius 1 is 1.24 bits per heavy atom. The molecule has 2 aromatic heterocycles. The SMILES string of the molecule is CCOc1ccc(CN2C[C@H]3CCC[C@@]3(c3nc(-c4cnccn4)no3)C2)cc1. The summed E-state index contributed by atoms with van der Waals surface area (Å²) in [5, 5.41) is 4.20. The second kappa shape index (κ2) is 7.55. The minimum absolute atomic E-state index is 0.0429. The summed E-state index contributed by atoms with van der Waals surface area (Å²) in [6, 6.07) is 8.42. The van der Waals surface area contributed by atoms with Gasteiger partial charge in [-0.15, -0.1) is 0 Å². The molecule has 0 unspecified atom stereocenters. The van der Waals surface area contributed by atoms with Crippen molar-refractivity contribution >= 4 is 0 Å². The first-order valence-electron chi connectivity index (χ1n) is 10.3. The molecule has 1 saturated carbocycles. The van der Waals surface area contributed by atoms with Crippen molar-refractivity contribution in [1.29, 1.82) is 0 Å². The molecule has 2 aliphatic rings. The highest BCUT2D eigenvalue weighted by molar-refractivity contribution is 5.46. The van der Waals surface area contributed by atoms with Gasteiger partial charge in [0.2, 0.25) is 11.7 Å². The predicted octanol–water partition coefficient (Wildman–Crippen LogP) is 3.48. The summed E-state index contributed by atoms with van der Waals surface area (Å²) in [4.78, 5) is 15.7. The van der Waals surface area contributed by atoms with Crippen molar-refractivity contribution in [3.63, 3.8) is 0 Å². The second-order valence-corrected chi connectivity index (χ2v) is 8.01. The number of fused-ring (bicyclic) bond motifs is 1. The van der Waals surface area contributed by atoms with E-state index in [9.17, 15) is 0 Å². The Morgan fingerprint density at radius 3 is 2.93 bits per heavy atom. The van der Waals surface area contributed by atoms with Crippen LogP contribution in [0.25, 0.3) is 11.5 Å². The third-order valence-corrected chi connectivity index (χ3v) is 6.23. The maximum absolute atomic E-state index is 5.78. The smallest absolute Gasteiger partial charge is 0.234 e. The number of likely N-dealkylation sites (tertiary alicyclic amines) is 1. The van der Waals surface area contributed by atoms with Crippen molar-refractivity contribution in [2.24, 2.45) is 5.92 Å². The van der Waals surface area contributed by atoms with E-state index in [1.165, 1.54) is 18.4 Å². The Morgan fingerprint density at radius 2 is 2.14 bits per heavy atom. The largest absolute Gasteiger partial charge is 0.494 e. The third-order valence-electron chi connectivity index (χ3n) is 6.23. The average molecular weight is 391 g/mol. The Hall–Kier alpha value is -2.80. The molecule has 150 valence electrons. The van der Waals surface area contributed by atoms with Crippen LogP contribution in [-0.4, -0.2) is 44.7 Å². The van der Waals surface area contributed by atoms with Crippen molar-refractivity contribution in [1.82, 2.24) is 25.0 Å². The lowest BCUT2D eigenvalue weighted by Crippen LogP contribution is -2.32. The number of ether oxygens (including phenoxy) is 1. The minimum Gasteiger partial charge on any atom is -0.494 e. The highest BCUT2D eigenvalue weighted by atomic mass is 16.5. The van der Waals surface area contributed by atoms with Gasteiger partial charge in [0.25, 0.3) is 0 Å². The first-order chi connectivity index (χ1) is 14.3. The Labute approximate surface area is 170 Å². The molecule has 5 rings (SSSR count). The molecule has 0 bridgehead atoms. The highest BCUT2D eigenvalue weighted by Gasteiger charge is 2.54. The van der Waals surface area contributed by atoms with Crippen LogP contribution in [0.3, 0.4) is 0 Å². The average Bonchev–Trinajstić information content (AvgIpc) is 3.45. The van der Waals surface area contributed by atoms with Gasteiger partial charge in [-0.2, -0.15) is 4.98 Å². The van der Waals surface area contributed by atoms with Crippen molar-refractivity contribution in [3.05, 3.63) is 54.3 Å². The molecule has 3 aromatic rings. The molecule has 1 saturated heterocycles. The fraction of sp³-hybridized carbons (Fsp3) is 0.455. The van der Waals surface area contributed by atoms with E-state index in [1.54, 1.807) is 18.6 Å². The molecule has 2 fully saturated rings. The van der Waals surface area contributed by atoms with E-state index in [4.69, 9.17) is 14.2 Å². The molecule has 0 radical (unpaired) electrons. The molecule has 29 heavy (non-hydrogen) atoms. The molecule has 0 spiro atoms. The van der Waals surface area contributed by atoms with Crippen molar-refractivity contribution in [3.8, 4) is 17.3 Å². The first-order valence-corrected chi connectivity index (χ1v) is 10.3. The van der Waals surface area contributed by atoms with E-state index in [2.05, 4.69) is 44.3 Å². The van der Waals surface area contributed by atoms with Crippen molar-refractivity contribution in [2.75, 3.05) is 19.7 Å². The molecular formula is C22H25N5O2. The van der Waals surface area contributed by atoms with Gasteiger partial charge in [0.15, 0.2) is 0 Å². The zero-order chi connectivity index (χ0) is 19.7. The molecule has 7 nitrogen and oxygen atoms in total. The summed E-state index contributed by atoms with van der Waals surface area (Å²) in [6.45, 7) is 5.64. The van der Waals surface area contributed by atoms with Gasteiger partial charge in [-0.3, -0.25) is 9.88 Å². The van der Waals surface area contributed by atoms with Crippen LogP contribution in [0.1, 0.15) is 37.6 Å². The maximum Gasteiger partial charge on any atom is 0.234 e. The molecule has 1 aromatic carbocycles. The standard InChI is InChI=1S/C22H25N5O2/c1-2-28-18-7-5-16(6-8-18)13-27-14-17-4-3-9-22(17,15-27)21-25-20(26-29-21)19-12-23-10-11-24-19/h5-8,10-12,17H,2-4,9,13-15H2,1H3/t17-,22-/m1/s1. The fourth-order valence-electron chi connectivity index (χ4n) is 4.92. The lowest BCUT2D eigenvalue weighted by molar-refractivity contribution is 0.245. The van der Waals surface area contributed by atoms with E-state index >= 15 is 0 Å². The lowest BCUT2D eigenvalue weighted by atomic mass is 9.80. The van der Waals surface area contributed by atoms with Crippen molar-refractivity contribution in [2.45, 2.75) is 38.1 Å². The van der Waals surface area contributed by atoms with Crippen molar-refractivity contribution < 1.29 is 9.26 Å². The van der Waals surface area contributed by atoms with Crippen LogP contribution in [0.15, 0.2) is 47.4 Å². The summed E-state index contributed by atoms with van der Waals surface area (Å²) in [5.41, 5.74) is 1.91. The van der Waals surface area contributed by atoms with E-state index in [0.29, 0.717) is 24.0 Å². The van der Waals surface area contributed by atoms with Gasteiger partial charge >= 0.3 is 0 Å². The third kappa shape index (κ3) is 3.40. The molecular weight excluding hydrogens is 366 g/mol. The number of nitrogens with zero attached hydrogens (tertiary/aromatic N) is 5. The van der Waals surface area contributed by atoms with E-state index in [1.807, 2.05) is 6.92 Å². The predicted molar refractivity (Wildman–Crippen MR) is 107 cm³/mol. The van der Waals surface area contributed by atoms with Crippen LogP contribution in [0.2, 0.25) is 0 Å². The van der Waals surface area contributed by atoms with Gasteiger partial charge in [0.05, 0.1) is 18.2 Å². The summed E-state index contributed by atoms with van der Waals surface area (Å²) in [6.07, 6.45) is 8.49. The van der Waals surface area contributed by atoms with Crippen LogP contribution in [-0.2, 0) is 12.0 Å². The van der Waals surface area contributed by atoms with Gasteiger partial charge in [0, 0.05) is 32.0 Å². The quantitative estimate of drug-likeness (QED) is 0.637. The maximum atomic E-state index is 5.78. The van der Waals surface area contributed by atoms with E-state index < -0.39 is 0 Å². The van der Waals surface area contributed by atoms with Gasteiger partial charge in [0.1, 0.15) is 11.4 Å². The molecule has 3 heterocycles. The normalized spacial score (nSPS) is 24.0.